The second kappa shape index (κ2) is 7.12. The topological polar surface area (TPSA) is 9.72 Å². The van der Waals surface area contributed by atoms with Crippen molar-refractivity contribution >= 4 is 0 Å². The average Bonchev–Trinajstić information content (AvgIpc) is 2.99. The molecule has 2 fully saturated rings. The van der Waals surface area contributed by atoms with Gasteiger partial charge in [-0.3, -0.25) is 9.80 Å². The van der Waals surface area contributed by atoms with Gasteiger partial charge in [0.1, 0.15) is 0 Å². The Hall–Kier alpha value is -0.900. The highest BCUT2D eigenvalue weighted by Crippen LogP contribution is 2.21. The molecule has 2 aliphatic heterocycles. The van der Waals surface area contributed by atoms with Gasteiger partial charge in [0, 0.05) is 51.9 Å². The van der Waals surface area contributed by atoms with E-state index in [-0.39, 0.29) is 0 Å². The minimum Gasteiger partial charge on any atom is -0.301 e. The van der Waals surface area contributed by atoms with E-state index in [2.05, 4.69) is 53.7 Å². The van der Waals surface area contributed by atoms with Crippen molar-refractivity contribution in [1.29, 1.82) is 0 Å². The van der Waals surface area contributed by atoms with Crippen LogP contribution in [-0.2, 0) is 6.54 Å². The van der Waals surface area contributed by atoms with Crippen molar-refractivity contribution in [2.45, 2.75) is 39.8 Å². The Kier molecular flexibility index (Phi) is 5.17. The minimum atomic E-state index is 0.782. The highest BCUT2D eigenvalue weighted by Gasteiger charge is 2.29. The molecular weight excluding hydrogens is 270 g/mol. The van der Waals surface area contributed by atoms with Crippen molar-refractivity contribution in [3.8, 4) is 0 Å². The van der Waals surface area contributed by atoms with Gasteiger partial charge in [0.05, 0.1) is 0 Å². The van der Waals surface area contributed by atoms with Crippen LogP contribution < -0.4 is 0 Å². The highest BCUT2D eigenvalue weighted by molar-refractivity contribution is 5.30. The Labute approximate surface area is 135 Å². The van der Waals surface area contributed by atoms with E-state index >= 15 is 0 Å². The number of aryl methyl sites for hydroxylation is 2. The molecular formula is C19H31N3. The Balaban J connectivity index is 1.52. The third-order valence-electron chi connectivity index (χ3n) is 5.51. The molecule has 2 aliphatic rings. The van der Waals surface area contributed by atoms with Crippen LogP contribution in [0.2, 0.25) is 0 Å². The SMILES string of the molecule is CCN1CCN([C@H]2CCN(Cc3ccc(C)cc3C)C2)CC1. The van der Waals surface area contributed by atoms with Gasteiger partial charge >= 0.3 is 0 Å². The molecule has 0 saturated carbocycles. The molecule has 0 aromatic heterocycles. The lowest BCUT2D eigenvalue weighted by molar-refractivity contribution is 0.101. The van der Waals surface area contributed by atoms with E-state index in [1.54, 1.807) is 0 Å². The molecule has 1 aromatic carbocycles. The zero-order chi connectivity index (χ0) is 15.5. The molecule has 2 saturated heterocycles. The number of likely N-dealkylation sites (N-methyl/N-ethyl adjacent to an activating group) is 1. The van der Waals surface area contributed by atoms with Gasteiger partial charge < -0.3 is 4.90 Å². The summed E-state index contributed by atoms with van der Waals surface area (Å²) in [7, 11) is 0. The van der Waals surface area contributed by atoms with Gasteiger partial charge in [-0.2, -0.15) is 0 Å². The molecule has 0 spiro atoms. The van der Waals surface area contributed by atoms with Crippen LogP contribution in [0.1, 0.15) is 30.0 Å². The molecule has 3 nitrogen and oxygen atoms in total. The molecule has 0 bridgehead atoms. The van der Waals surface area contributed by atoms with E-state index in [1.165, 1.54) is 68.9 Å². The molecule has 22 heavy (non-hydrogen) atoms. The Bertz CT molecular complexity index is 491. The van der Waals surface area contributed by atoms with Crippen LogP contribution in [0.5, 0.6) is 0 Å². The first kappa shape index (κ1) is 16.0. The first-order valence-corrected chi connectivity index (χ1v) is 8.90. The first-order valence-electron chi connectivity index (χ1n) is 8.90. The van der Waals surface area contributed by atoms with Gasteiger partial charge in [0.25, 0.3) is 0 Å². The lowest BCUT2D eigenvalue weighted by Crippen LogP contribution is -2.50. The molecule has 2 heterocycles. The Morgan fingerprint density at radius 2 is 1.77 bits per heavy atom. The number of likely N-dealkylation sites (tertiary alicyclic amines) is 1. The van der Waals surface area contributed by atoms with Gasteiger partial charge in [-0.05, 0) is 37.9 Å². The van der Waals surface area contributed by atoms with Crippen molar-refractivity contribution in [2.24, 2.45) is 0 Å². The van der Waals surface area contributed by atoms with E-state index in [1.807, 2.05) is 0 Å². The van der Waals surface area contributed by atoms with E-state index < -0.39 is 0 Å². The van der Waals surface area contributed by atoms with Crippen LogP contribution in [0.15, 0.2) is 18.2 Å². The number of piperazine rings is 1. The fraction of sp³-hybridized carbons (Fsp3) is 0.684. The van der Waals surface area contributed by atoms with Gasteiger partial charge in [0.2, 0.25) is 0 Å². The number of benzene rings is 1. The van der Waals surface area contributed by atoms with Gasteiger partial charge in [0.15, 0.2) is 0 Å². The van der Waals surface area contributed by atoms with Crippen LogP contribution in [0.3, 0.4) is 0 Å². The fourth-order valence-corrected chi connectivity index (χ4v) is 3.96. The van der Waals surface area contributed by atoms with Gasteiger partial charge in [-0.1, -0.05) is 30.7 Å². The monoisotopic (exact) mass is 301 g/mol. The van der Waals surface area contributed by atoms with Crippen LogP contribution in [0.4, 0.5) is 0 Å². The summed E-state index contributed by atoms with van der Waals surface area (Å²) < 4.78 is 0. The largest absolute Gasteiger partial charge is 0.301 e. The number of rotatable bonds is 4. The third-order valence-corrected chi connectivity index (χ3v) is 5.51. The second-order valence-electron chi connectivity index (χ2n) is 7.08. The molecule has 0 N–H and O–H groups in total. The van der Waals surface area contributed by atoms with Crippen LogP contribution >= 0.6 is 0 Å². The molecule has 0 amide bonds. The van der Waals surface area contributed by atoms with Crippen molar-refractivity contribution < 1.29 is 0 Å². The van der Waals surface area contributed by atoms with E-state index in [9.17, 15) is 0 Å². The van der Waals surface area contributed by atoms with Crippen molar-refractivity contribution in [3.63, 3.8) is 0 Å². The number of nitrogens with zero attached hydrogens (tertiary/aromatic N) is 3. The predicted molar refractivity (Wildman–Crippen MR) is 93.3 cm³/mol. The molecule has 1 aromatic rings. The summed E-state index contributed by atoms with van der Waals surface area (Å²) in [6, 6.07) is 7.66. The normalized spacial score (nSPS) is 25.0. The zero-order valence-corrected chi connectivity index (χ0v) is 14.5. The summed E-state index contributed by atoms with van der Waals surface area (Å²) in [5.74, 6) is 0. The molecule has 1 atom stereocenters. The van der Waals surface area contributed by atoms with E-state index in [0.29, 0.717) is 0 Å². The number of hydrogen-bond acceptors (Lipinski definition) is 3. The van der Waals surface area contributed by atoms with Crippen molar-refractivity contribution in [3.05, 3.63) is 34.9 Å². The number of hydrogen-bond donors (Lipinski definition) is 0. The predicted octanol–water partition coefficient (Wildman–Crippen LogP) is 2.52. The lowest BCUT2D eigenvalue weighted by atomic mass is 10.1. The van der Waals surface area contributed by atoms with Crippen LogP contribution in [0.25, 0.3) is 0 Å². The Morgan fingerprint density at radius 3 is 2.45 bits per heavy atom. The molecule has 0 radical (unpaired) electrons. The fourth-order valence-electron chi connectivity index (χ4n) is 3.96. The Morgan fingerprint density at radius 1 is 1.00 bits per heavy atom. The maximum absolute atomic E-state index is 2.73. The molecule has 3 heteroatoms. The first-order chi connectivity index (χ1) is 10.7. The third kappa shape index (κ3) is 3.70. The molecule has 122 valence electrons. The van der Waals surface area contributed by atoms with Crippen molar-refractivity contribution in [1.82, 2.24) is 14.7 Å². The highest BCUT2D eigenvalue weighted by atomic mass is 15.3. The lowest BCUT2D eigenvalue weighted by Gasteiger charge is -2.37. The molecule has 3 rings (SSSR count). The van der Waals surface area contributed by atoms with Crippen LogP contribution in [0, 0.1) is 13.8 Å². The minimum absolute atomic E-state index is 0.782. The summed E-state index contributed by atoms with van der Waals surface area (Å²) in [6.45, 7) is 16.6. The van der Waals surface area contributed by atoms with Crippen molar-refractivity contribution in [2.75, 3.05) is 45.8 Å². The zero-order valence-electron chi connectivity index (χ0n) is 14.5. The molecule has 0 unspecified atom stereocenters. The summed E-state index contributed by atoms with van der Waals surface area (Å²) in [6.07, 6.45) is 1.34. The van der Waals surface area contributed by atoms with Crippen LogP contribution in [-0.4, -0.2) is 66.6 Å². The molecule has 0 aliphatic carbocycles. The summed E-state index contributed by atoms with van der Waals surface area (Å²) in [5.41, 5.74) is 4.32. The van der Waals surface area contributed by atoms with E-state index in [4.69, 9.17) is 0 Å². The quantitative estimate of drug-likeness (QED) is 0.846. The van der Waals surface area contributed by atoms with Gasteiger partial charge in [-0.15, -0.1) is 0 Å². The standard InChI is InChI=1S/C19H31N3/c1-4-20-9-11-22(12-10-20)19-7-8-21(15-19)14-18-6-5-16(2)13-17(18)3/h5-6,13,19H,4,7-12,14-15H2,1-3H3/t19-/m0/s1. The maximum Gasteiger partial charge on any atom is 0.0237 e. The van der Waals surface area contributed by atoms with E-state index in [0.717, 1.165) is 12.6 Å². The summed E-state index contributed by atoms with van der Waals surface area (Å²) in [4.78, 5) is 7.95. The summed E-state index contributed by atoms with van der Waals surface area (Å²) >= 11 is 0. The summed E-state index contributed by atoms with van der Waals surface area (Å²) in [5, 5.41) is 0. The average molecular weight is 301 g/mol. The van der Waals surface area contributed by atoms with Gasteiger partial charge in [-0.25, -0.2) is 0 Å². The smallest absolute Gasteiger partial charge is 0.0237 e. The second-order valence-corrected chi connectivity index (χ2v) is 7.08. The maximum atomic E-state index is 2.73.